The lowest BCUT2D eigenvalue weighted by Crippen LogP contribution is -2.32. The predicted molar refractivity (Wildman–Crippen MR) is 158 cm³/mol. The molecule has 2 aliphatic heterocycles. The summed E-state index contributed by atoms with van der Waals surface area (Å²) in [6, 6.07) is 1.45. The van der Waals surface area contributed by atoms with Crippen LogP contribution >= 0.6 is 26.2 Å². The van der Waals surface area contributed by atoms with Crippen molar-refractivity contribution in [1.29, 1.82) is 0 Å². The van der Waals surface area contributed by atoms with E-state index in [1.54, 1.807) is 4.57 Å². The summed E-state index contributed by atoms with van der Waals surface area (Å²) in [5, 5.41) is 9.68. The lowest BCUT2D eigenvalue weighted by Gasteiger charge is -2.25. The summed E-state index contributed by atoms with van der Waals surface area (Å²) in [6.45, 7) is -4.75. The van der Waals surface area contributed by atoms with Crippen LogP contribution < -0.4 is 11.3 Å². The van der Waals surface area contributed by atoms with E-state index >= 15 is 4.39 Å². The fourth-order valence-corrected chi connectivity index (χ4v) is 7.51. The normalized spacial score (nSPS) is 29.0. The van der Waals surface area contributed by atoms with Gasteiger partial charge in [-0.3, -0.25) is 9.36 Å². The van der Waals surface area contributed by atoms with Crippen LogP contribution in [-0.4, -0.2) is 87.9 Å². The van der Waals surface area contributed by atoms with E-state index < -0.39 is 69.2 Å². The first-order valence-corrected chi connectivity index (χ1v) is 18.0. The second-order valence-corrected chi connectivity index (χ2v) is 14.4. The molecule has 0 aliphatic carbocycles. The largest absolute Gasteiger partial charge is 0.582 e. The number of nitrogens with zero attached hydrogens (tertiary/aromatic N) is 6. The molecule has 4 aromatic rings. The van der Waals surface area contributed by atoms with Gasteiger partial charge in [-0.15, -0.1) is 4.52 Å². The summed E-state index contributed by atoms with van der Waals surface area (Å²) in [7, 11) is -2.57. The number of nitrogens with two attached hydrogens (primary N) is 1. The Bertz CT molecular complexity index is 1790. The van der Waals surface area contributed by atoms with Crippen molar-refractivity contribution in [3.63, 3.8) is 0 Å². The van der Waals surface area contributed by atoms with Gasteiger partial charge in [-0.05, 0) is 28.9 Å². The number of rotatable bonds is 11. The summed E-state index contributed by atoms with van der Waals surface area (Å²) in [5.41, 5.74) is 6.31. The van der Waals surface area contributed by atoms with Gasteiger partial charge in [0, 0.05) is 19.2 Å². The van der Waals surface area contributed by atoms with Gasteiger partial charge in [-0.1, -0.05) is 0 Å². The molecule has 0 radical (unpaired) electrons. The Morgan fingerprint density at radius 2 is 2.07 bits per heavy atom. The van der Waals surface area contributed by atoms with E-state index in [2.05, 4.69) is 37.2 Å². The number of fused-ring (bicyclic) bond motifs is 2. The SMILES string of the molecule is Nc1ncnc2c1ncn2[C@@H]1O[C@H](CCO)C[C@H]1OP(O)(=S)OC[C@H]1O[C@@H](n2ccc3c(=O)[nH]cnc32)[C@@H](F)[C@@H]1O[P+](=O)S. The molecule has 9 atom stereocenters. The van der Waals surface area contributed by atoms with E-state index in [9.17, 15) is 19.4 Å². The number of hydrogen-bond donors (Lipinski definition) is 5. The van der Waals surface area contributed by atoms with Crippen LogP contribution in [0.1, 0.15) is 25.3 Å². The minimum absolute atomic E-state index is 0.149. The number of halogens is 1. The van der Waals surface area contributed by atoms with Crippen LogP contribution in [0.15, 0.2) is 36.0 Å². The summed E-state index contributed by atoms with van der Waals surface area (Å²) < 4.78 is 59.0. The summed E-state index contributed by atoms with van der Waals surface area (Å²) >= 11 is 9.04. The maximum Gasteiger partial charge on any atom is 0.582 e. The van der Waals surface area contributed by atoms with Gasteiger partial charge in [-0.2, -0.15) is 0 Å². The van der Waals surface area contributed by atoms with Gasteiger partial charge in [-0.25, -0.2) is 24.3 Å². The zero-order valence-electron chi connectivity index (χ0n) is 22.4. The number of H-pyrrole nitrogens is 1. The van der Waals surface area contributed by atoms with Gasteiger partial charge in [0.2, 0.25) is 0 Å². The van der Waals surface area contributed by atoms with E-state index in [4.69, 9.17) is 40.6 Å². The molecular formula is C22H26FN8O9P2S2+. The zero-order valence-corrected chi connectivity index (χ0v) is 25.9. The lowest BCUT2D eigenvalue weighted by atomic mass is 10.1. The molecule has 2 saturated heterocycles. The molecule has 2 fully saturated rings. The number of aromatic nitrogens is 7. The predicted octanol–water partition coefficient (Wildman–Crippen LogP) is 1.64. The van der Waals surface area contributed by atoms with E-state index in [-0.39, 0.29) is 36.3 Å². The van der Waals surface area contributed by atoms with Crippen molar-refractivity contribution < 1.29 is 42.0 Å². The average molecular weight is 692 g/mol. The summed E-state index contributed by atoms with van der Waals surface area (Å²) in [4.78, 5) is 42.1. The first kappa shape index (κ1) is 31.5. The highest BCUT2D eigenvalue weighted by Crippen LogP contribution is 2.51. The molecule has 0 saturated carbocycles. The Hall–Kier alpha value is -2.48. The molecule has 5 N–H and O–H groups in total. The fourth-order valence-electron chi connectivity index (χ4n) is 5.28. The van der Waals surface area contributed by atoms with Crippen molar-refractivity contribution >= 4 is 66.0 Å². The number of anilines is 1. The van der Waals surface area contributed by atoms with Crippen LogP contribution in [0, 0.1) is 0 Å². The van der Waals surface area contributed by atoms with Crippen LogP contribution in [-0.2, 0) is 39.4 Å². The second kappa shape index (κ2) is 12.7. The number of alkyl halides is 1. The number of thiol groups is 1. The van der Waals surface area contributed by atoms with Crippen molar-refractivity contribution in [1.82, 2.24) is 34.1 Å². The first-order chi connectivity index (χ1) is 21.1. The molecule has 0 amide bonds. The van der Waals surface area contributed by atoms with Crippen LogP contribution in [0.2, 0.25) is 0 Å². The number of nitrogen functional groups attached to an aromatic ring is 1. The fraction of sp³-hybridized carbons (Fsp3) is 0.500. The third-order valence-electron chi connectivity index (χ3n) is 7.20. The third kappa shape index (κ3) is 6.17. The topological polar surface area (TPSA) is 224 Å². The maximum absolute atomic E-state index is 15.7. The number of aliphatic hydroxyl groups is 1. The highest BCUT2D eigenvalue weighted by molar-refractivity contribution is 8.39. The second-order valence-electron chi connectivity index (χ2n) is 9.90. The number of hydrogen-bond acceptors (Lipinski definition) is 14. The molecule has 22 heteroatoms. The zero-order chi connectivity index (χ0) is 31.2. The van der Waals surface area contributed by atoms with E-state index in [1.165, 1.54) is 35.8 Å². The monoisotopic (exact) mass is 691 g/mol. The van der Waals surface area contributed by atoms with Crippen LogP contribution in [0.25, 0.3) is 22.2 Å². The van der Waals surface area contributed by atoms with Crippen LogP contribution in [0.5, 0.6) is 0 Å². The lowest BCUT2D eigenvalue weighted by molar-refractivity contribution is -0.0499. The Morgan fingerprint density at radius 3 is 2.84 bits per heavy atom. The highest BCUT2D eigenvalue weighted by atomic mass is 32.7. The van der Waals surface area contributed by atoms with Gasteiger partial charge in [0.1, 0.15) is 41.9 Å². The number of ether oxygens (including phenoxy) is 2. The molecule has 236 valence electrons. The van der Waals surface area contributed by atoms with Gasteiger partial charge in [0.15, 0.2) is 36.2 Å². The summed E-state index contributed by atoms with van der Waals surface area (Å²) in [5.74, 6) is 0.156. The minimum atomic E-state index is -4.07. The Balaban J connectivity index is 1.20. The van der Waals surface area contributed by atoms with Crippen molar-refractivity contribution in [3.05, 3.63) is 41.6 Å². The number of aromatic amines is 1. The highest BCUT2D eigenvalue weighted by Gasteiger charge is 2.52. The van der Waals surface area contributed by atoms with E-state index in [0.29, 0.717) is 11.2 Å². The van der Waals surface area contributed by atoms with Gasteiger partial charge in [0.25, 0.3) is 5.56 Å². The molecule has 0 spiro atoms. The molecule has 2 aliphatic rings. The molecule has 17 nitrogen and oxygen atoms in total. The number of nitrogens with one attached hydrogen (secondary N) is 1. The van der Waals surface area contributed by atoms with Crippen molar-refractivity contribution in [2.45, 2.75) is 55.9 Å². The molecule has 2 unspecified atom stereocenters. The Morgan fingerprint density at radius 1 is 1.25 bits per heavy atom. The smallest absolute Gasteiger partial charge is 0.396 e. The van der Waals surface area contributed by atoms with Gasteiger partial charge >= 0.3 is 13.9 Å². The third-order valence-corrected chi connectivity index (χ3v) is 9.49. The van der Waals surface area contributed by atoms with Crippen molar-refractivity contribution in [2.75, 3.05) is 18.9 Å². The van der Waals surface area contributed by atoms with Crippen LogP contribution in [0.3, 0.4) is 0 Å². The molecule has 6 heterocycles. The maximum atomic E-state index is 15.7. The summed E-state index contributed by atoms with van der Waals surface area (Å²) in [6.07, 6.45) is -2.37. The standard InChI is InChI=1S/C22H25FN8O9P2S2/c23-14-16(39-41(34)43)13(38-22(14)30-3-1-11-18(30)26-8-28-20(11)33)6-36-42(35,44)40-12-5-10(2-4-32)37-21(12)31-9-29-15-17(24)25-7-27-19(15)31/h1,3,7-10,12-14,16,21-22,32H,2,4-6H2,(H4-,24,25,26,27,28,33,34,35,43,44)/p+1/t10-,12-,13-,14+,16-,21-,22-,42?/m1/s1. The molecule has 0 aromatic carbocycles. The van der Waals surface area contributed by atoms with Crippen molar-refractivity contribution in [3.8, 4) is 0 Å². The first-order valence-electron chi connectivity index (χ1n) is 13.1. The molecular weight excluding hydrogens is 665 g/mol. The molecule has 0 bridgehead atoms. The molecule has 4 aromatic heterocycles. The number of imidazole rings is 1. The minimum Gasteiger partial charge on any atom is -0.396 e. The van der Waals surface area contributed by atoms with Crippen LogP contribution in [0.4, 0.5) is 10.2 Å². The Kier molecular flexibility index (Phi) is 9.11. The van der Waals surface area contributed by atoms with Crippen molar-refractivity contribution in [2.24, 2.45) is 0 Å². The number of aliphatic hydroxyl groups excluding tert-OH is 1. The molecule has 6 rings (SSSR count). The van der Waals surface area contributed by atoms with E-state index in [0.717, 1.165) is 0 Å². The van der Waals surface area contributed by atoms with Gasteiger partial charge < -0.3 is 43.8 Å². The van der Waals surface area contributed by atoms with Gasteiger partial charge in [0.05, 0.1) is 30.8 Å². The average Bonchev–Trinajstić information content (AvgIpc) is 3.74. The quantitative estimate of drug-likeness (QED) is 0.111. The van der Waals surface area contributed by atoms with E-state index in [1.807, 2.05) is 0 Å². The Labute approximate surface area is 258 Å². The molecule has 44 heavy (non-hydrogen) atoms.